The van der Waals surface area contributed by atoms with Gasteiger partial charge in [-0.25, -0.2) is 13.2 Å². The number of amides is 2. The molecule has 0 heterocycles. The van der Waals surface area contributed by atoms with Crippen molar-refractivity contribution in [2.24, 2.45) is 5.92 Å². The van der Waals surface area contributed by atoms with Gasteiger partial charge >= 0.3 is 6.09 Å². The van der Waals surface area contributed by atoms with Crippen molar-refractivity contribution in [2.75, 3.05) is 31.1 Å². The first-order valence-corrected chi connectivity index (χ1v) is 11.6. The van der Waals surface area contributed by atoms with E-state index in [9.17, 15) is 18.0 Å². The van der Waals surface area contributed by atoms with Gasteiger partial charge in [0.1, 0.15) is 15.9 Å². The molecule has 0 aliphatic heterocycles. The molecule has 4 atom stereocenters. The molecule has 1 rings (SSSR count). The summed E-state index contributed by atoms with van der Waals surface area (Å²) in [4.78, 5) is 23.4. The zero-order chi connectivity index (χ0) is 19.0. The van der Waals surface area contributed by atoms with Crippen LogP contribution in [0, 0.1) is 5.92 Å². The molecule has 0 bridgehead atoms. The molecule has 0 unspecified atom stereocenters. The van der Waals surface area contributed by atoms with Crippen molar-refractivity contribution < 1.29 is 27.9 Å². The van der Waals surface area contributed by atoms with Crippen LogP contribution in [0.3, 0.4) is 0 Å². The number of sulfone groups is 1. The molecule has 0 aromatic rings. The van der Waals surface area contributed by atoms with Crippen LogP contribution < -0.4 is 10.6 Å². The highest BCUT2D eigenvalue weighted by Crippen LogP contribution is 2.28. The number of rotatable bonds is 9. The molecular weight excluding hydrogens is 368 g/mol. The largest absolute Gasteiger partial charge is 0.465 e. The number of methoxy groups -OCH3 is 1. The minimum Gasteiger partial charge on any atom is -0.465 e. The molecule has 1 saturated carbocycles. The number of hydrogen-bond donors (Lipinski definition) is 3. The monoisotopic (exact) mass is 396 g/mol. The number of hydrogen-bond acceptors (Lipinski definition) is 6. The van der Waals surface area contributed by atoms with Gasteiger partial charge in [0.25, 0.3) is 0 Å². The Morgan fingerprint density at radius 1 is 1.36 bits per heavy atom. The van der Waals surface area contributed by atoms with Crippen LogP contribution in [0.25, 0.3) is 0 Å². The lowest BCUT2D eigenvalue weighted by Crippen LogP contribution is -2.53. The Hall–Kier alpha value is -1.00. The molecule has 0 aromatic carbocycles. The third-order valence-corrected chi connectivity index (χ3v) is 6.01. The minimum absolute atomic E-state index is 0.0238. The average Bonchev–Trinajstić information content (AvgIpc) is 2.51. The Morgan fingerprint density at radius 3 is 2.56 bits per heavy atom. The summed E-state index contributed by atoms with van der Waals surface area (Å²) < 4.78 is 28.7. The summed E-state index contributed by atoms with van der Waals surface area (Å²) in [6.07, 6.45) is 4.04. The fourth-order valence-corrected chi connectivity index (χ4v) is 4.75. The normalized spacial score (nSPS) is 25.2. The first kappa shape index (κ1) is 22.0. The van der Waals surface area contributed by atoms with Gasteiger partial charge < -0.3 is 20.5 Å². The van der Waals surface area contributed by atoms with E-state index in [0.717, 1.165) is 6.42 Å². The molecule has 0 saturated heterocycles. The predicted octanol–water partition coefficient (Wildman–Crippen LogP) is 0.720. The van der Waals surface area contributed by atoms with Gasteiger partial charge in [0.15, 0.2) is 0 Å². The predicted molar refractivity (Wildman–Crippen MR) is 97.7 cm³/mol. The second-order valence-electron chi connectivity index (χ2n) is 6.42. The lowest BCUT2D eigenvalue weighted by atomic mass is 9.83. The Balaban J connectivity index is 2.79. The van der Waals surface area contributed by atoms with Crippen LogP contribution in [0.1, 0.15) is 25.7 Å². The van der Waals surface area contributed by atoms with Crippen LogP contribution in [0.15, 0.2) is 0 Å². The zero-order valence-electron chi connectivity index (χ0n) is 14.9. The topological polar surface area (TPSA) is 122 Å². The van der Waals surface area contributed by atoms with Crippen molar-refractivity contribution in [3.63, 3.8) is 0 Å². The molecule has 0 spiro atoms. The number of carboxylic acid groups (broad SMARTS) is 1. The van der Waals surface area contributed by atoms with Crippen LogP contribution in [-0.2, 0) is 19.4 Å². The molecule has 0 aromatic heterocycles. The first-order chi connectivity index (χ1) is 11.7. The van der Waals surface area contributed by atoms with E-state index >= 15 is 0 Å². The van der Waals surface area contributed by atoms with Crippen LogP contribution >= 0.6 is 11.8 Å². The maximum Gasteiger partial charge on any atom is 0.405 e. The van der Waals surface area contributed by atoms with Crippen molar-refractivity contribution >= 4 is 33.6 Å². The fourth-order valence-electron chi connectivity index (χ4n) is 3.13. The molecule has 2 amide bonds. The molecule has 1 aliphatic carbocycles. The van der Waals surface area contributed by atoms with E-state index in [1.165, 1.54) is 18.0 Å². The smallest absolute Gasteiger partial charge is 0.405 e. The van der Waals surface area contributed by atoms with Crippen molar-refractivity contribution in [1.82, 2.24) is 10.6 Å². The average molecular weight is 397 g/mol. The van der Waals surface area contributed by atoms with Gasteiger partial charge in [0.05, 0.1) is 11.9 Å². The number of carbonyl (C=O) groups excluding carboxylic acids is 1. The van der Waals surface area contributed by atoms with Crippen molar-refractivity contribution in [2.45, 2.75) is 43.9 Å². The minimum atomic E-state index is -3.20. The molecule has 25 heavy (non-hydrogen) atoms. The summed E-state index contributed by atoms with van der Waals surface area (Å²) >= 11 is 1.52. The maximum absolute atomic E-state index is 12.5. The standard InChI is InChI=1S/C15H28N2O6S2/c1-23-11-4-5-12(10(8-11)9-25(3,21)22)16-14(18)13(6-7-24-2)17-15(19)20/h10-13,17H,4-9H2,1-3H3,(H,16,18)(H,19,20)/t10-,11-,12+,13+/m1/s1. The summed E-state index contributed by atoms with van der Waals surface area (Å²) in [5.74, 6) is -0.0409. The van der Waals surface area contributed by atoms with E-state index in [1.54, 1.807) is 7.11 Å². The van der Waals surface area contributed by atoms with Crippen LogP contribution in [0.2, 0.25) is 0 Å². The summed E-state index contributed by atoms with van der Waals surface area (Å²) in [6, 6.07) is -1.15. The SMILES string of the molecule is CO[C@@H]1CC[C@H](NC(=O)[C@H](CCSC)NC(=O)O)[C@@H](CS(C)(=O)=O)C1. The molecule has 3 N–H and O–H groups in total. The van der Waals surface area contributed by atoms with E-state index in [2.05, 4.69) is 10.6 Å². The highest BCUT2D eigenvalue weighted by Gasteiger charge is 2.35. The Morgan fingerprint density at radius 2 is 2.04 bits per heavy atom. The van der Waals surface area contributed by atoms with E-state index in [0.29, 0.717) is 25.0 Å². The second kappa shape index (κ2) is 10.2. The Labute approximate surface area is 153 Å². The van der Waals surface area contributed by atoms with Gasteiger partial charge in [-0.15, -0.1) is 0 Å². The van der Waals surface area contributed by atoms with Gasteiger partial charge in [-0.05, 0) is 43.6 Å². The third-order valence-electron chi connectivity index (χ3n) is 4.34. The second-order valence-corrected chi connectivity index (χ2v) is 9.59. The molecule has 10 heteroatoms. The van der Waals surface area contributed by atoms with Crippen molar-refractivity contribution in [1.29, 1.82) is 0 Å². The summed E-state index contributed by atoms with van der Waals surface area (Å²) in [7, 11) is -1.60. The van der Waals surface area contributed by atoms with Gasteiger partial charge in [0.2, 0.25) is 5.91 Å². The van der Waals surface area contributed by atoms with Gasteiger partial charge in [-0.3, -0.25) is 4.79 Å². The molecular formula is C15H28N2O6S2. The highest BCUT2D eigenvalue weighted by molar-refractivity contribution is 7.98. The summed E-state index contributed by atoms with van der Waals surface area (Å²) in [6.45, 7) is 0. The molecule has 146 valence electrons. The fraction of sp³-hybridized carbons (Fsp3) is 0.867. The number of thioether (sulfide) groups is 1. The van der Waals surface area contributed by atoms with E-state index < -0.39 is 27.9 Å². The Kier molecular flexibility index (Phi) is 9.01. The summed E-state index contributed by atoms with van der Waals surface area (Å²) in [5, 5.41) is 14.0. The van der Waals surface area contributed by atoms with Crippen molar-refractivity contribution in [3.05, 3.63) is 0 Å². The van der Waals surface area contributed by atoms with E-state index in [4.69, 9.17) is 9.84 Å². The van der Waals surface area contributed by atoms with Crippen molar-refractivity contribution in [3.8, 4) is 0 Å². The lowest BCUT2D eigenvalue weighted by Gasteiger charge is -2.36. The van der Waals surface area contributed by atoms with Gasteiger partial charge in [-0.2, -0.15) is 11.8 Å². The maximum atomic E-state index is 12.5. The number of nitrogens with one attached hydrogen (secondary N) is 2. The molecule has 1 aliphatic rings. The van der Waals surface area contributed by atoms with Gasteiger partial charge in [-0.1, -0.05) is 0 Å². The van der Waals surface area contributed by atoms with Crippen LogP contribution in [0.4, 0.5) is 4.79 Å². The number of ether oxygens (including phenoxy) is 1. The first-order valence-electron chi connectivity index (χ1n) is 8.15. The van der Waals surface area contributed by atoms with Crippen LogP contribution in [0.5, 0.6) is 0 Å². The molecule has 1 fully saturated rings. The van der Waals surface area contributed by atoms with E-state index in [-0.39, 0.29) is 23.8 Å². The van der Waals surface area contributed by atoms with Crippen LogP contribution in [-0.4, -0.2) is 74.8 Å². The third kappa shape index (κ3) is 8.28. The quantitative estimate of drug-likeness (QED) is 0.525. The lowest BCUT2D eigenvalue weighted by molar-refractivity contribution is -0.124. The van der Waals surface area contributed by atoms with Gasteiger partial charge in [0, 0.05) is 19.4 Å². The van der Waals surface area contributed by atoms with E-state index in [1.807, 2.05) is 6.26 Å². The highest BCUT2D eigenvalue weighted by atomic mass is 32.2. The summed E-state index contributed by atoms with van der Waals surface area (Å²) in [5.41, 5.74) is 0. The zero-order valence-corrected chi connectivity index (χ0v) is 16.5. The molecule has 8 nitrogen and oxygen atoms in total. The molecule has 0 radical (unpaired) electrons. The number of carbonyl (C=O) groups is 2. The Bertz CT molecular complexity index is 554.